The molecule has 26 heavy (non-hydrogen) atoms. The first-order valence-electron chi connectivity index (χ1n) is 7.67. The van der Waals surface area contributed by atoms with E-state index in [2.05, 4.69) is 0 Å². The van der Waals surface area contributed by atoms with Gasteiger partial charge >= 0.3 is 18.1 Å². The number of hydrogen-bond acceptors (Lipinski definition) is 3. The van der Waals surface area contributed by atoms with Crippen molar-refractivity contribution in [3.8, 4) is 5.75 Å². The summed E-state index contributed by atoms with van der Waals surface area (Å²) in [4.78, 5) is 23.6. The van der Waals surface area contributed by atoms with E-state index in [0.717, 1.165) is 6.07 Å². The third-order valence-electron chi connectivity index (χ3n) is 4.30. The van der Waals surface area contributed by atoms with Gasteiger partial charge in [0, 0.05) is 13.1 Å². The van der Waals surface area contributed by atoms with Crippen molar-refractivity contribution in [2.45, 2.75) is 25.4 Å². The number of alkyl halides is 5. The molecule has 1 amide bonds. The molecule has 5 nitrogen and oxygen atoms in total. The second-order valence-electron chi connectivity index (χ2n) is 5.87. The summed E-state index contributed by atoms with van der Waals surface area (Å²) in [5, 5.41) is 8.97. The summed E-state index contributed by atoms with van der Waals surface area (Å²) < 4.78 is 73.8. The van der Waals surface area contributed by atoms with Crippen LogP contribution in [0.4, 0.5) is 22.0 Å². The van der Waals surface area contributed by atoms with Crippen molar-refractivity contribution in [3.05, 3.63) is 29.8 Å². The van der Waals surface area contributed by atoms with Crippen LogP contribution in [0.15, 0.2) is 24.3 Å². The van der Waals surface area contributed by atoms with E-state index in [1.807, 2.05) is 0 Å². The van der Waals surface area contributed by atoms with Gasteiger partial charge in [-0.15, -0.1) is 0 Å². The van der Waals surface area contributed by atoms with Crippen molar-refractivity contribution in [3.63, 3.8) is 0 Å². The smallest absolute Gasteiger partial charge is 0.406 e. The monoisotopic (exact) mass is 381 g/mol. The number of likely N-dealkylation sites (tertiary alicyclic amines) is 1. The van der Waals surface area contributed by atoms with Gasteiger partial charge in [-0.1, -0.05) is 12.1 Å². The van der Waals surface area contributed by atoms with Gasteiger partial charge < -0.3 is 14.7 Å². The lowest BCUT2D eigenvalue weighted by Gasteiger charge is -2.28. The molecule has 1 fully saturated rings. The molecule has 1 N–H and O–H groups in total. The first-order chi connectivity index (χ1) is 12.0. The van der Waals surface area contributed by atoms with Gasteiger partial charge in [0.15, 0.2) is 5.41 Å². The normalized spacial score (nSPS) is 20.9. The molecule has 2 rings (SSSR count). The fourth-order valence-corrected chi connectivity index (χ4v) is 2.83. The minimum absolute atomic E-state index is 0.0429. The maximum absolute atomic E-state index is 14.6. The SMILES string of the molecule is CCOc1ccccc1C(F)(F)C(=O)N1CCC(C(=O)O)(C(F)(F)F)C1. The van der Waals surface area contributed by atoms with Crippen LogP contribution >= 0.6 is 0 Å². The van der Waals surface area contributed by atoms with E-state index < -0.39 is 54.5 Å². The summed E-state index contributed by atoms with van der Waals surface area (Å²) >= 11 is 0. The predicted molar refractivity (Wildman–Crippen MR) is 78.8 cm³/mol. The van der Waals surface area contributed by atoms with Crippen LogP contribution in [0, 0.1) is 5.41 Å². The fraction of sp³-hybridized carbons (Fsp3) is 0.500. The number of carboxylic acids is 1. The summed E-state index contributed by atoms with van der Waals surface area (Å²) in [6.07, 6.45) is -6.16. The second-order valence-corrected chi connectivity index (χ2v) is 5.87. The van der Waals surface area contributed by atoms with Crippen LogP contribution in [0.3, 0.4) is 0 Å². The number of aliphatic carboxylic acids is 1. The lowest BCUT2D eigenvalue weighted by Crippen LogP contribution is -2.49. The van der Waals surface area contributed by atoms with Gasteiger partial charge in [-0.05, 0) is 25.5 Å². The number of hydrogen-bond donors (Lipinski definition) is 1. The molecule has 1 atom stereocenters. The minimum Gasteiger partial charge on any atom is -0.493 e. The largest absolute Gasteiger partial charge is 0.493 e. The Balaban J connectivity index is 2.33. The van der Waals surface area contributed by atoms with Crippen molar-refractivity contribution in [2.24, 2.45) is 5.41 Å². The molecule has 0 aromatic heterocycles. The van der Waals surface area contributed by atoms with E-state index in [9.17, 15) is 31.5 Å². The van der Waals surface area contributed by atoms with E-state index in [0.29, 0.717) is 0 Å². The fourth-order valence-electron chi connectivity index (χ4n) is 2.83. The Morgan fingerprint density at radius 1 is 1.23 bits per heavy atom. The van der Waals surface area contributed by atoms with E-state index in [1.54, 1.807) is 6.92 Å². The first kappa shape index (κ1) is 19.9. The number of ether oxygens (including phenoxy) is 1. The molecular weight excluding hydrogens is 365 g/mol. The number of amides is 1. The maximum atomic E-state index is 14.6. The first-order valence-corrected chi connectivity index (χ1v) is 7.67. The number of carbonyl (C=O) groups excluding carboxylic acids is 1. The Labute approximate surface area is 145 Å². The molecular formula is C16H16F5NO4. The molecule has 0 radical (unpaired) electrons. The Kier molecular flexibility index (Phi) is 5.16. The van der Waals surface area contributed by atoms with E-state index >= 15 is 0 Å². The zero-order valence-electron chi connectivity index (χ0n) is 13.6. The minimum atomic E-state index is -5.17. The average molecular weight is 381 g/mol. The molecule has 0 saturated carbocycles. The molecule has 1 saturated heterocycles. The third-order valence-corrected chi connectivity index (χ3v) is 4.30. The van der Waals surface area contributed by atoms with Crippen LogP contribution in [0.2, 0.25) is 0 Å². The molecule has 144 valence electrons. The van der Waals surface area contributed by atoms with Crippen LogP contribution in [-0.4, -0.2) is 47.8 Å². The highest BCUT2D eigenvalue weighted by molar-refractivity contribution is 5.87. The number of halogens is 5. The highest BCUT2D eigenvalue weighted by atomic mass is 19.4. The molecule has 1 aliphatic heterocycles. The van der Waals surface area contributed by atoms with E-state index in [1.165, 1.54) is 18.2 Å². The Bertz CT molecular complexity index is 706. The van der Waals surface area contributed by atoms with Crippen molar-refractivity contribution in [1.82, 2.24) is 4.90 Å². The Morgan fingerprint density at radius 3 is 2.35 bits per heavy atom. The van der Waals surface area contributed by atoms with Crippen molar-refractivity contribution < 1.29 is 41.4 Å². The topological polar surface area (TPSA) is 66.8 Å². The third kappa shape index (κ3) is 3.19. The van der Waals surface area contributed by atoms with E-state index in [4.69, 9.17) is 9.84 Å². The molecule has 10 heteroatoms. The summed E-state index contributed by atoms with van der Waals surface area (Å²) in [6, 6.07) is 4.79. The van der Waals surface area contributed by atoms with Crippen LogP contribution in [0.25, 0.3) is 0 Å². The predicted octanol–water partition coefficient (Wildman–Crippen LogP) is 3.04. The zero-order chi connectivity index (χ0) is 19.8. The maximum Gasteiger partial charge on any atom is 0.406 e. The van der Waals surface area contributed by atoms with Gasteiger partial charge in [0.2, 0.25) is 0 Å². The number of benzene rings is 1. The standard InChI is InChI=1S/C16H16F5NO4/c1-2-26-11-6-4-3-5-10(11)15(17,18)12(23)22-8-7-14(9-22,13(24)25)16(19,20)21/h3-6H,2,7-9H2,1H3,(H,24,25). The van der Waals surface area contributed by atoms with Crippen molar-refractivity contribution >= 4 is 11.9 Å². The molecule has 0 aliphatic carbocycles. The van der Waals surface area contributed by atoms with Crippen LogP contribution in [0.5, 0.6) is 5.75 Å². The van der Waals surface area contributed by atoms with Crippen molar-refractivity contribution in [1.29, 1.82) is 0 Å². The lowest BCUT2D eigenvalue weighted by molar-refractivity contribution is -0.227. The van der Waals surface area contributed by atoms with Crippen molar-refractivity contribution in [2.75, 3.05) is 19.7 Å². The Morgan fingerprint density at radius 2 is 1.85 bits per heavy atom. The molecule has 1 aliphatic rings. The van der Waals surface area contributed by atoms with Gasteiger partial charge in [0.1, 0.15) is 5.75 Å². The Hall–Kier alpha value is -2.39. The number of carbonyl (C=O) groups is 2. The van der Waals surface area contributed by atoms with Crippen LogP contribution in [0.1, 0.15) is 18.9 Å². The van der Waals surface area contributed by atoms with Crippen LogP contribution in [-0.2, 0) is 15.5 Å². The number of nitrogens with zero attached hydrogens (tertiary/aromatic N) is 1. The number of rotatable bonds is 5. The van der Waals surface area contributed by atoms with Gasteiger partial charge in [-0.2, -0.15) is 22.0 Å². The highest BCUT2D eigenvalue weighted by Gasteiger charge is 2.65. The van der Waals surface area contributed by atoms with E-state index in [-0.39, 0.29) is 17.3 Å². The van der Waals surface area contributed by atoms with Gasteiger partial charge in [-0.25, -0.2) is 0 Å². The second kappa shape index (κ2) is 6.73. The highest BCUT2D eigenvalue weighted by Crippen LogP contribution is 2.47. The molecule has 0 spiro atoms. The van der Waals surface area contributed by atoms with Gasteiger partial charge in [-0.3, -0.25) is 9.59 Å². The molecule has 1 aromatic carbocycles. The lowest BCUT2D eigenvalue weighted by atomic mass is 9.86. The molecule has 1 aromatic rings. The molecule has 0 bridgehead atoms. The quantitative estimate of drug-likeness (QED) is 0.797. The van der Waals surface area contributed by atoms with Gasteiger partial charge in [0.25, 0.3) is 5.91 Å². The number of para-hydroxylation sites is 1. The van der Waals surface area contributed by atoms with Gasteiger partial charge in [0.05, 0.1) is 12.2 Å². The average Bonchev–Trinajstić information content (AvgIpc) is 3.01. The molecule has 1 heterocycles. The van der Waals surface area contributed by atoms with Crippen LogP contribution < -0.4 is 4.74 Å². The summed E-state index contributed by atoms with van der Waals surface area (Å²) in [6.45, 7) is -0.517. The number of carboxylic acid groups (broad SMARTS) is 1. The summed E-state index contributed by atoms with van der Waals surface area (Å²) in [5.74, 6) is -8.52. The zero-order valence-corrected chi connectivity index (χ0v) is 13.6. The summed E-state index contributed by atoms with van der Waals surface area (Å²) in [5.41, 5.74) is -4.04. The molecule has 1 unspecified atom stereocenters. The summed E-state index contributed by atoms with van der Waals surface area (Å²) in [7, 11) is 0.